The van der Waals surface area contributed by atoms with Gasteiger partial charge in [0.2, 0.25) is 10.0 Å². The fraction of sp³-hybridized carbons (Fsp3) is 0.500. The number of anilines is 1. The number of aromatic carboxylic acids is 1. The van der Waals surface area contributed by atoms with E-state index in [1.54, 1.807) is 6.92 Å². The van der Waals surface area contributed by atoms with Crippen molar-refractivity contribution in [2.75, 3.05) is 18.5 Å². The molecule has 22 heavy (non-hydrogen) atoms. The second-order valence-corrected chi connectivity index (χ2v) is 6.66. The lowest BCUT2D eigenvalue weighted by Crippen LogP contribution is -2.33. The number of hydrogen-bond donors (Lipinski definition) is 4. The maximum absolute atomic E-state index is 12.5. The Morgan fingerprint density at radius 1 is 1.36 bits per heavy atom. The number of carbonyl (C=O) groups is 1. The van der Waals surface area contributed by atoms with Crippen molar-refractivity contribution in [3.05, 3.63) is 23.8 Å². The van der Waals surface area contributed by atoms with Crippen LogP contribution in [0.1, 0.15) is 37.0 Å². The molecule has 0 radical (unpaired) electrons. The first-order valence-corrected chi connectivity index (χ1v) is 8.54. The number of carboxylic acids is 1. The second kappa shape index (κ2) is 8.11. The van der Waals surface area contributed by atoms with Crippen LogP contribution in [-0.4, -0.2) is 43.8 Å². The van der Waals surface area contributed by atoms with Gasteiger partial charge in [0.25, 0.3) is 0 Å². The van der Waals surface area contributed by atoms with Crippen molar-refractivity contribution >= 4 is 21.7 Å². The van der Waals surface area contributed by atoms with Gasteiger partial charge in [-0.3, -0.25) is 0 Å². The van der Waals surface area contributed by atoms with E-state index in [9.17, 15) is 13.2 Å². The summed E-state index contributed by atoms with van der Waals surface area (Å²) in [6.45, 7) is 3.70. The van der Waals surface area contributed by atoms with Gasteiger partial charge in [-0.2, -0.15) is 0 Å². The molecule has 0 amide bonds. The number of nitrogens with one attached hydrogen (secondary N) is 2. The summed E-state index contributed by atoms with van der Waals surface area (Å²) in [7, 11) is -3.86. The first-order chi connectivity index (χ1) is 10.3. The van der Waals surface area contributed by atoms with Crippen LogP contribution in [0.15, 0.2) is 23.1 Å². The molecule has 4 N–H and O–H groups in total. The Balaban J connectivity index is 3.21. The van der Waals surface area contributed by atoms with Crippen molar-refractivity contribution in [3.63, 3.8) is 0 Å². The molecule has 0 spiro atoms. The highest BCUT2D eigenvalue weighted by Crippen LogP contribution is 2.23. The van der Waals surface area contributed by atoms with Crippen LogP contribution < -0.4 is 10.0 Å². The zero-order valence-electron chi connectivity index (χ0n) is 12.7. The molecular weight excluding hydrogens is 308 g/mol. The van der Waals surface area contributed by atoms with Crippen LogP contribution in [0.2, 0.25) is 0 Å². The standard InChI is InChI=1S/C14H22N2O5S/c1-3-4-10(2)16-22(20,21)13-9-11(14(18)19)5-6-12(13)15-7-8-17/h5-6,9-10,15-17H,3-4,7-8H2,1-2H3,(H,18,19)/t10-/m1/s1. The summed E-state index contributed by atoms with van der Waals surface area (Å²) in [6, 6.07) is 3.56. The maximum atomic E-state index is 12.5. The van der Waals surface area contributed by atoms with Crippen LogP contribution in [-0.2, 0) is 10.0 Å². The lowest BCUT2D eigenvalue weighted by atomic mass is 10.2. The van der Waals surface area contributed by atoms with E-state index in [-0.39, 0.29) is 35.3 Å². The minimum absolute atomic E-state index is 0.113. The summed E-state index contributed by atoms with van der Waals surface area (Å²) in [5, 5.41) is 20.7. The molecule has 8 heteroatoms. The predicted octanol–water partition coefficient (Wildman–Crippen LogP) is 1.26. The zero-order chi connectivity index (χ0) is 16.8. The topological polar surface area (TPSA) is 116 Å². The fourth-order valence-electron chi connectivity index (χ4n) is 2.03. The summed E-state index contributed by atoms with van der Waals surface area (Å²) in [5.41, 5.74) is 0.147. The number of benzene rings is 1. The summed E-state index contributed by atoms with van der Waals surface area (Å²) in [5.74, 6) is -1.20. The summed E-state index contributed by atoms with van der Waals surface area (Å²) in [4.78, 5) is 10.9. The molecule has 1 aromatic rings. The van der Waals surface area contributed by atoms with Crippen LogP contribution in [0.3, 0.4) is 0 Å². The van der Waals surface area contributed by atoms with E-state index in [1.165, 1.54) is 12.1 Å². The Labute approximate surface area is 130 Å². The van der Waals surface area contributed by atoms with Crippen molar-refractivity contribution in [2.24, 2.45) is 0 Å². The molecule has 0 bridgehead atoms. The molecule has 0 unspecified atom stereocenters. The van der Waals surface area contributed by atoms with E-state index in [4.69, 9.17) is 10.2 Å². The molecule has 0 aliphatic rings. The highest BCUT2D eigenvalue weighted by atomic mass is 32.2. The molecule has 1 rings (SSSR count). The lowest BCUT2D eigenvalue weighted by Gasteiger charge is -2.17. The average molecular weight is 330 g/mol. The highest BCUT2D eigenvalue weighted by Gasteiger charge is 2.22. The summed E-state index contributed by atoms with van der Waals surface area (Å²) >= 11 is 0. The van der Waals surface area contributed by atoms with E-state index >= 15 is 0 Å². The Morgan fingerprint density at radius 2 is 2.05 bits per heavy atom. The SMILES string of the molecule is CCC[C@@H](C)NS(=O)(=O)c1cc(C(=O)O)ccc1NCCO. The van der Waals surface area contributed by atoms with Crippen LogP contribution >= 0.6 is 0 Å². The van der Waals surface area contributed by atoms with Gasteiger partial charge in [-0.1, -0.05) is 13.3 Å². The van der Waals surface area contributed by atoms with Gasteiger partial charge >= 0.3 is 5.97 Å². The molecular formula is C14H22N2O5S. The van der Waals surface area contributed by atoms with Gasteiger partial charge < -0.3 is 15.5 Å². The predicted molar refractivity (Wildman–Crippen MR) is 83.7 cm³/mol. The molecule has 1 atom stereocenters. The third kappa shape index (κ3) is 4.97. The van der Waals surface area contributed by atoms with Crippen molar-refractivity contribution < 1.29 is 23.4 Å². The number of rotatable bonds is 9. The van der Waals surface area contributed by atoms with Gasteiger partial charge in [0.15, 0.2) is 0 Å². The molecule has 0 saturated carbocycles. The van der Waals surface area contributed by atoms with Crippen LogP contribution in [0.4, 0.5) is 5.69 Å². The van der Waals surface area contributed by atoms with E-state index in [2.05, 4.69) is 10.0 Å². The maximum Gasteiger partial charge on any atom is 0.335 e. The second-order valence-electron chi connectivity index (χ2n) is 4.98. The Kier molecular flexibility index (Phi) is 6.79. The summed E-state index contributed by atoms with van der Waals surface area (Å²) < 4.78 is 27.5. The number of aliphatic hydroxyl groups excluding tert-OH is 1. The Hall–Kier alpha value is -1.64. The highest BCUT2D eigenvalue weighted by molar-refractivity contribution is 7.89. The zero-order valence-corrected chi connectivity index (χ0v) is 13.5. The lowest BCUT2D eigenvalue weighted by molar-refractivity contribution is 0.0696. The number of carboxylic acid groups (broad SMARTS) is 1. The monoisotopic (exact) mass is 330 g/mol. The van der Waals surface area contributed by atoms with Crippen molar-refractivity contribution in [2.45, 2.75) is 37.6 Å². The molecule has 0 aliphatic heterocycles. The molecule has 0 aromatic heterocycles. The molecule has 0 fully saturated rings. The fourth-order valence-corrected chi connectivity index (χ4v) is 3.52. The Morgan fingerprint density at radius 3 is 2.59 bits per heavy atom. The van der Waals surface area contributed by atoms with Gasteiger partial charge in [-0.05, 0) is 31.5 Å². The molecule has 1 aromatic carbocycles. The average Bonchev–Trinajstić information content (AvgIpc) is 2.44. The molecule has 0 aliphatic carbocycles. The van der Waals surface area contributed by atoms with E-state index in [0.29, 0.717) is 6.42 Å². The minimum atomic E-state index is -3.86. The Bertz CT molecular complexity index is 616. The van der Waals surface area contributed by atoms with Crippen LogP contribution in [0.25, 0.3) is 0 Å². The van der Waals surface area contributed by atoms with Crippen LogP contribution in [0, 0.1) is 0 Å². The third-order valence-electron chi connectivity index (χ3n) is 3.02. The quantitative estimate of drug-likeness (QED) is 0.542. The first kappa shape index (κ1) is 18.4. The molecule has 0 saturated heterocycles. The van der Waals surface area contributed by atoms with Gasteiger partial charge in [-0.25, -0.2) is 17.9 Å². The smallest absolute Gasteiger partial charge is 0.335 e. The van der Waals surface area contributed by atoms with E-state index in [1.807, 2.05) is 6.92 Å². The summed E-state index contributed by atoms with van der Waals surface area (Å²) in [6.07, 6.45) is 1.51. The van der Waals surface area contributed by atoms with Crippen LogP contribution in [0.5, 0.6) is 0 Å². The molecule has 7 nitrogen and oxygen atoms in total. The first-order valence-electron chi connectivity index (χ1n) is 7.06. The largest absolute Gasteiger partial charge is 0.478 e. The molecule has 124 valence electrons. The van der Waals surface area contributed by atoms with Crippen molar-refractivity contribution in [1.82, 2.24) is 4.72 Å². The minimum Gasteiger partial charge on any atom is -0.478 e. The number of hydrogen-bond acceptors (Lipinski definition) is 5. The van der Waals surface area contributed by atoms with Crippen molar-refractivity contribution in [3.8, 4) is 0 Å². The number of sulfonamides is 1. The van der Waals surface area contributed by atoms with E-state index in [0.717, 1.165) is 12.5 Å². The third-order valence-corrected chi connectivity index (χ3v) is 4.65. The number of aliphatic hydroxyl groups is 1. The molecule has 0 heterocycles. The van der Waals surface area contributed by atoms with Gasteiger partial charge in [0.1, 0.15) is 4.90 Å². The normalized spacial score (nSPS) is 12.9. The van der Waals surface area contributed by atoms with Gasteiger partial charge in [-0.15, -0.1) is 0 Å². The van der Waals surface area contributed by atoms with Crippen molar-refractivity contribution in [1.29, 1.82) is 0 Å². The van der Waals surface area contributed by atoms with Gasteiger partial charge in [0, 0.05) is 12.6 Å². The van der Waals surface area contributed by atoms with Gasteiger partial charge in [0.05, 0.1) is 17.9 Å². The van der Waals surface area contributed by atoms with E-state index < -0.39 is 16.0 Å².